The van der Waals surface area contributed by atoms with Crippen LogP contribution in [0.5, 0.6) is 0 Å². The van der Waals surface area contributed by atoms with Gasteiger partial charge in [0.1, 0.15) is 12.3 Å². The van der Waals surface area contributed by atoms with E-state index in [0.717, 1.165) is 10.6 Å². The van der Waals surface area contributed by atoms with Crippen molar-refractivity contribution in [1.29, 1.82) is 0 Å². The molecule has 2 unspecified atom stereocenters. The zero-order valence-electron chi connectivity index (χ0n) is 11.0. The first-order valence-corrected chi connectivity index (χ1v) is 7.26. The van der Waals surface area contributed by atoms with Crippen LogP contribution in [-0.4, -0.2) is 40.1 Å². The van der Waals surface area contributed by atoms with Crippen molar-refractivity contribution in [2.45, 2.75) is 19.3 Å². The number of hydrogen-bond acceptors (Lipinski definition) is 5. The number of amides is 1. The number of hydrogen-bond donors (Lipinski definition) is 2. The molecule has 1 aliphatic rings. The maximum atomic E-state index is 12.2. The van der Waals surface area contributed by atoms with E-state index >= 15 is 0 Å². The van der Waals surface area contributed by atoms with E-state index in [4.69, 9.17) is 10.6 Å². The third-order valence-electron chi connectivity index (χ3n) is 3.04. The zero-order chi connectivity index (χ0) is 14.7. The van der Waals surface area contributed by atoms with Crippen LogP contribution in [0.2, 0.25) is 0 Å². The molecule has 20 heavy (non-hydrogen) atoms. The molecule has 1 aliphatic heterocycles. The Balaban J connectivity index is 1.84. The van der Waals surface area contributed by atoms with E-state index in [1.165, 1.54) is 0 Å². The quantitative estimate of drug-likeness (QED) is 0.186. The summed E-state index contributed by atoms with van der Waals surface area (Å²) in [4.78, 5) is 23.0. The molecule has 2 atom stereocenters. The van der Waals surface area contributed by atoms with E-state index < -0.39 is 0 Å². The lowest BCUT2D eigenvalue weighted by molar-refractivity contribution is -0.108. The standard InChI is InChI=1S/C13H16IN3O3/c1-8-4-2-3-5-9(8)13(19)17(15)7-10-12(20-10)16-6-11(14)18/h2-5,10,12,16H,6-7,15H2,1H3. The molecule has 0 aromatic heterocycles. The van der Waals surface area contributed by atoms with Crippen molar-refractivity contribution < 1.29 is 14.3 Å². The molecule has 1 aromatic rings. The zero-order valence-corrected chi connectivity index (χ0v) is 13.2. The first-order valence-electron chi connectivity index (χ1n) is 6.18. The molecular weight excluding hydrogens is 373 g/mol. The number of epoxide rings is 1. The van der Waals surface area contributed by atoms with Gasteiger partial charge in [0.2, 0.25) is 3.79 Å². The fraction of sp³-hybridized carbons (Fsp3) is 0.385. The Kier molecular flexibility index (Phi) is 5.08. The Morgan fingerprint density at radius 3 is 2.80 bits per heavy atom. The summed E-state index contributed by atoms with van der Waals surface area (Å²) >= 11 is 1.71. The largest absolute Gasteiger partial charge is 0.351 e. The molecule has 0 spiro atoms. The van der Waals surface area contributed by atoms with Crippen molar-refractivity contribution in [2.24, 2.45) is 5.84 Å². The lowest BCUT2D eigenvalue weighted by Crippen LogP contribution is -2.41. The summed E-state index contributed by atoms with van der Waals surface area (Å²) < 4.78 is 5.33. The lowest BCUT2D eigenvalue weighted by atomic mass is 10.1. The number of benzene rings is 1. The van der Waals surface area contributed by atoms with Crippen molar-refractivity contribution in [1.82, 2.24) is 10.3 Å². The number of carbonyl (C=O) groups is 2. The summed E-state index contributed by atoms with van der Waals surface area (Å²) in [5.74, 6) is 5.55. The molecule has 1 heterocycles. The highest BCUT2D eigenvalue weighted by atomic mass is 127. The van der Waals surface area contributed by atoms with Gasteiger partial charge in [0.25, 0.3) is 5.91 Å². The Bertz CT molecular complexity index is 523. The van der Waals surface area contributed by atoms with E-state index in [2.05, 4.69) is 5.32 Å². The number of halogens is 1. The van der Waals surface area contributed by atoms with E-state index in [-0.39, 0.29) is 28.6 Å². The van der Waals surface area contributed by atoms with Crippen LogP contribution < -0.4 is 11.2 Å². The van der Waals surface area contributed by atoms with Crippen LogP contribution in [0.25, 0.3) is 0 Å². The molecule has 1 fully saturated rings. The van der Waals surface area contributed by atoms with E-state index in [0.29, 0.717) is 12.1 Å². The molecule has 0 aliphatic carbocycles. The molecule has 0 bridgehead atoms. The monoisotopic (exact) mass is 389 g/mol. The van der Waals surface area contributed by atoms with Gasteiger partial charge in [0, 0.05) is 28.2 Å². The van der Waals surface area contributed by atoms with Gasteiger partial charge >= 0.3 is 0 Å². The van der Waals surface area contributed by atoms with Gasteiger partial charge in [-0.1, -0.05) is 18.2 Å². The van der Waals surface area contributed by atoms with Gasteiger partial charge in [0.15, 0.2) is 0 Å². The second-order valence-electron chi connectivity index (χ2n) is 4.60. The number of hydrazine groups is 1. The van der Waals surface area contributed by atoms with Gasteiger partial charge in [-0.25, -0.2) is 5.84 Å². The highest BCUT2D eigenvalue weighted by molar-refractivity contribution is 14.1. The van der Waals surface area contributed by atoms with Crippen LogP contribution >= 0.6 is 22.6 Å². The summed E-state index contributed by atoms with van der Waals surface area (Å²) in [5, 5.41) is 4.08. The minimum Gasteiger partial charge on any atom is -0.351 e. The number of aryl methyl sites for hydroxylation is 1. The minimum absolute atomic E-state index is 0.0115. The molecule has 1 amide bonds. The minimum atomic E-state index is -0.234. The van der Waals surface area contributed by atoms with E-state index in [1.54, 1.807) is 34.7 Å². The van der Waals surface area contributed by atoms with Crippen LogP contribution in [0.15, 0.2) is 24.3 Å². The number of ether oxygens (including phenoxy) is 1. The molecule has 6 nitrogen and oxygen atoms in total. The number of nitrogens with zero attached hydrogens (tertiary/aromatic N) is 1. The molecular formula is C13H16IN3O3. The van der Waals surface area contributed by atoms with Gasteiger partial charge in [-0.2, -0.15) is 0 Å². The topological polar surface area (TPSA) is 88.0 Å². The average molecular weight is 389 g/mol. The second kappa shape index (κ2) is 6.61. The molecule has 7 heteroatoms. The first-order chi connectivity index (χ1) is 9.49. The van der Waals surface area contributed by atoms with Gasteiger partial charge in [0.05, 0.1) is 13.1 Å². The molecule has 3 N–H and O–H groups in total. The number of nitrogens with one attached hydrogen (secondary N) is 1. The van der Waals surface area contributed by atoms with Gasteiger partial charge in [-0.15, -0.1) is 0 Å². The SMILES string of the molecule is Cc1ccccc1C(=O)N(N)CC1OC1NCC(=O)I. The molecule has 0 saturated carbocycles. The van der Waals surface area contributed by atoms with Crippen LogP contribution in [0.3, 0.4) is 0 Å². The second-order valence-corrected chi connectivity index (χ2v) is 5.81. The highest BCUT2D eigenvalue weighted by Gasteiger charge is 2.40. The summed E-state index contributed by atoms with van der Waals surface area (Å²) in [7, 11) is 0. The fourth-order valence-electron chi connectivity index (χ4n) is 1.89. The van der Waals surface area contributed by atoms with Crippen LogP contribution in [0.1, 0.15) is 15.9 Å². The summed E-state index contributed by atoms with van der Waals surface area (Å²) in [6, 6.07) is 7.29. The van der Waals surface area contributed by atoms with Crippen molar-refractivity contribution in [3.8, 4) is 0 Å². The van der Waals surface area contributed by atoms with E-state index in [9.17, 15) is 9.59 Å². The van der Waals surface area contributed by atoms with Crippen molar-refractivity contribution in [2.75, 3.05) is 13.1 Å². The summed E-state index contributed by atoms with van der Waals surface area (Å²) in [5.41, 5.74) is 1.47. The van der Waals surface area contributed by atoms with Gasteiger partial charge in [-0.3, -0.25) is 19.9 Å². The molecule has 1 aromatic carbocycles. The first kappa shape index (κ1) is 15.4. The van der Waals surface area contributed by atoms with Crippen LogP contribution in [0, 0.1) is 6.92 Å². The van der Waals surface area contributed by atoms with Crippen molar-refractivity contribution in [3.63, 3.8) is 0 Å². The predicted molar refractivity (Wildman–Crippen MR) is 82.1 cm³/mol. The van der Waals surface area contributed by atoms with Crippen molar-refractivity contribution >= 4 is 32.3 Å². The molecule has 1 saturated heterocycles. The van der Waals surface area contributed by atoms with Crippen LogP contribution in [0.4, 0.5) is 0 Å². The molecule has 0 radical (unpaired) electrons. The summed E-state index contributed by atoms with van der Waals surface area (Å²) in [6.45, 7) is 2.41. The third-order valence-corrected chi connectivity index (χ3v) is 3.42. The Morgan fingerprint density at radius 1 is 1.45 bits per heavy atom. The molecule has 108 valence electrons. The Labute approximate surface area is 130 Å². The van der Waals surface area contributed by atoms with Crippen LogP contribution in [-0.2, 0) is 9.53 Å². The summed E-state index contributed by atoms with van der Waals surface area (Å²) in [6.07, 6.45) is -0.367. The van der Waals surface area contributed by atoms with E-state index in [1.807, 2.05) is 19.1 Å². The number of nitrogens with two attached hydrogens (primary N) is 1. The maximum absolute atomic E-state index is 12.2. The normalized spacial score (nSPS) is 20.6. The van der Waals surface area contributed by atoms with Gasteiger partial charge in [-0.05, 0) is 18.6 Å². The smallest absolute Gasteiger partial charge is 0.268 e. The van der Waals surface area contributed by atoms with Crippen molar-refractivity contribution in [3.05, 3.63) is 35.4 Å². The average Bonchev–Trinajstić information content (AvgIpc) is 3.14. The fourth-order valence-corrected chi connectivity index (χ4v) is 2.11. The number of carbonyl (C=O) groups excluding carboxylic acids is 2. The highest BCUT2D eigenvalue weighted by Crippen LogP contribution is 2.20. The lowest BCUT2D eigenvalue weighted by Gasteiger charge is -2.16. The Hall–Kier alpha value is -1.03. The predicted octanol–water partition coefficient (Wildman–Crippen LogP) is 0.587. The maximum Gasteiger partial charge on any atom is 0.268 e. The molecule has 2 rings (SSSR count). The number of rotatable bonds is 6. The third kappa shape index (κ3) is 3.98. The Morgan fingerprint density at radius 2 is 2.15 bits per heavy atom. The van der Waals surface area contributed by atoms with Gasteiger partial charge < -0.3 is 4.74 Å².